The molecular weight excluding hydrogens is 176 g/mol. The zero-order valence-electron chi connectivity index (χ0n) is 8.48. The Morgan fingerprint density at radius 3 is 2.86 bits per heavy atom. The summed E-state index contributed by atoms with van der Waals surface area (Å²) in [7, 11) is 2.06. The summed E-state index contributed by atoms with van der Waals surface area (Å²) in [5.74, 6) is 0.821. The smallest absolute Gasteiger partial charge is 0.225 e. The monoisotopic (exact) mass is 192 g/mol. The molecule has 0 saturated carbocycles. The molecular formula is C10H16N4. The van der Waals surface area contributed by atoms with Crippen LogP contribution < -0.4 is 10.2 Å². The fraction of sp³-hybridized carbons (Fsp3) is 0.600. The van der Waals surface area contributed by atoms with Gasteiger partial charge in [-0.05, 0) is 25.5 Å². The molecule has 0 amide bonds. The van der Waals surface area contributed by atoms with Crippen LogP contribution >= 0.6 is 0 Å². The third kappa shape index (κ3) is 2.01. The van der Waals surface area contributed by atoms with Gasteiger partial charge in [0.1, 0.15) is 0 Å². The van der Waals surface area contributed by atoms with Crippen molar-refractivity contribution in [3.05, 3.63) is 18.5 Å². The zero-order chi connectivity index (χ0) is 9.80. The maximum absolute atomic E-state index is 4.24. The molecule has 1 N–H and O–H groups in total. The quantitative estimate of drug-likeness (QED) is 0.747. The van der Waals surface area contributed by atoms with Crippen molar-refractivity contribution in [2.75, 3.05) is 25.0 Å². The molecule has 1 aromatic rings. The molecule has 2 rings (SSSR count). The molecule has 1 aliphatic heterocycles. The Balaban J connectivity index is 2.03. The van der Waals surface area contributed by atoms with Gasteiger partial charge in [-0.2, -0.15) is 0 Å². The Labute approximate surface area is 84.4 Å². The molecule has 0 spiro atoms. The Bertz CT molecular complexity index is 269. The largest absolute Gasteiger partial charge is 0.340 e. The zero-order valence-corrected chi connectivity index (χ0v) is 8.48. The van der Waals surface area contributed by atoms with Crippen LogP contribution in [0.1, 0.15) is 12.8 Å². The standard InChI is InChI=1S/C10H16N4/c1-14(9-4-2-5-11-8-9)10-12-6-3-7-13-10/h3,6-7,9,11H,2,4-5,8H2,1H3/t9-/m1/s1. The Hall–Kier alpha value is -1.16. The number of aromatic nitrogens is 2. The highest BCUT2D eigenvalue weighted by Crippen LogP contribution is 2.13. The van der Waals surface area contributed by atoms with Gasteiger partial charge in [-0.3, -0.25) is 0 Å². The minimum absolute atomic E-state index is 0.533. The minimum Gasteiger partial charge on any atom is -0.340 e. The van der Waals surface area contributed by atoms with Crippen LogP contribution in [-0.2, 0) is 0 Å². The lowest BCUT2D eigenvalue weighted by Gasteiger charge is -2.31. The van der Waals surface area contributed by atoms with E-state index in [-0.39, 0.29) is 0 Å². The number of anilines is 1. The maximum Gasteiger partial charge on any atom is 0.225 e. The summed E-state index contributed by atoms with van der Waals surface area (Å²) >= 11 is 0. The van der Waals surface area contributed by atoms with Gasteiger partial charge in [-0.25, -0.2) is 9.97 Å². The van der Waals surface area contributed by atoms with E-state index >= 15 is 0 Å². The fourth-order valence-electron chi connectivity index (χ4n) is 1.80. The van der Waals surface area contributed by atoms with Crippen LogP contribution in [0.15, 0.2) is 18.5 Å². The summed E-state index contributed by atoms with van der Waals surface area (Å²) in [5, 5.41) is 3.39. The SMILES string of the molecule is CN(c1ncccn1)[C@@H]1CCCNC1. The molecule has 0 aliphatic carbocycles. The summed E-state index contributed by atoms with van der Waals surface area (Å²) < 4.78 is 0. The van der Waals surface area contributed by atoms with Gasteiger partial charge in [0.05, 0.1) is 0 Å². The van der Waals surface area contributed by atoms with Gasteiger partial charge in [0.15, 0.2) is 0 Å². The van der Waals surface area contributed by atoms with Crippen LogP contribution in [-0.4, -0.2) is 36.1 Å². The molecule has 2 heterocycles. The number of nitrogens with zero attached hydrogens (tertiary/aromatic N) is 3. The summed E-state index contributed by atoms with van der Waals surface area (Å²) in [4.78, 5) is 10.6. The van der Waals surface area contributed by atoms with Crippen molar-refractivity contribution in [2.45, 2.75) is 18.9 Å². The van der Waals surface area contributed by atoms with Crippen molar-refractivity contribution < 1.29 is 0 Å². The predicted molar refractivity (Wildman–Crippen MR) is 56.3 cm³/mol. The average molecular weight is 192 g/mol. The highest BCUT2D eigenvalue weighted by molar-refractivity contribution is 5.29. The highest BCUT2D eigenvalue weighted by atomic mass is 15.3. The lowest BCUT2D eigenvalue weighted by molar-refractivity contribution is 0.441. The van der Waals surface area contributed by atoms with E-state index in [1.165, 1.54) is 12.8 Å². The van der Waals surface area contributed by atoms with E-state index in [4.69, 9.17) is 0 Å². The van der Waals surface area contributed by atoms with Crippen LogP contribution in [0.2, 0.25) is 0 Å². The van der Waals surface area contributed by atoms with Crippen LogP contribution in [0, 0.1) is 0 Å². The average Bonchev–Trinajstić information content (AvgIpc) is 2.30. The molecule has 0 aromatic carbocycles. The maximum atomic E-state index is 4.24. The summed E-state index contributed by atoms with van der Waals surface area (Å²) in [5.41, 5.74) is 0. The van der Waals surface area contributed by atoms with Gasteiger partial charge in [0.2, 0.25) is 5.95 Å². The number of rotatable bonds is 2. The van der Waals surface area contributed by atoms with Crippen LogP contribution in [0.5, 0.6) is 0 Å². The third-order valence-electron chi connectivity index (χ3n) is 2.69. The van der Waals surface area contributed by atoms with Crippen molar-refractivity contribution in [2.24, 2.45) is 0 Å². The van der Waals surface area contributed by atoms with Gasteiger partial charge >= 0.3 is 0 Å². The van der Waals surface area contributed by atoms with E-state index < -0.39 is 0 Å². The molecule has 0 unspecified atom stereocenters. The van der Waals surface area contributed by atoms with Gasteiger partial charge in [-0.15, -0.1) is 0 Å². The summed E-state index contributed by atoms with van der Waals surface area (Å²) in [6.45, 7) is 2.18. The number of piperidine rings is 1. The number of nitrogens with one attached hydrogen (secondary N) is 1. The van der Waals surface area contributed by atoms with Crippen molar-refractivity contribution in [1.29, 1.82) is 0 Å². The molecule has 0 radical (unpaired) electrons. The van der Waals surface area contributed by atoms with E-state index in [1.54, 1.807) is 12.4 Å². The van der Waals surface area contributed by atoms with Gasteiger partial charge in [0, 0.05) is 32.0 Å². The van der Waals surface area contributed by atoms with Crippen molar-refractivity contribution in [3.63, 3.8) is 0 Å². The first-order valence-corrected chi connectivity index (χ1v) is 5.08. The predicted octanol–water partition coefficient (Wildman–Crippen LogP) is 0.665. The third-order valence-corrected chi connectivity index (χ3v) is 2.69. The second-order valence-electron chi connectivity index (χ2n) is 3.66. The first kappa shape index (κ1) is 9.40. The van der Waals surface area contributed by atoms with Gasteiger partial charge < -0.3 is 10.2 Å². The Morgan fingerprint density at radius 2 is 2.21 bits per heavy atom. The van der Waals surface area contributed by atoms with Gasteiger partial charge in [-0.1, -0.05) is 0 Å². The molecule has 14 heavy (non-hydrogen) atoms. The molecule has 4 nitrogen and oxygen atoms in total. The lowest BCUT2D eigenvalue weighted by atomic mass is 10.1. The first-order chi connectivity index (χ1) is 6.88. The van der Waals surface area contributed by atoms with Crippen LogP contribution in [0.25, 0.3) is 0 Å². The molecule has 1 aliphatic rings. The second kappa shape index (κ2) is 4.37. The molecule has 4 heteroatoms. The van der Waals surface area contributed by atoms with E-state index in [9.17, 15) is 0 Å². The van der Waals surface area contributed by atoms with Crippen molar-refractivity contribution in [3.8, 4) is 0 Å². The molecule has 1 aromatic heterocycles. The van der Waals surface area contributed by atoms with Crippen molar-refractivity contribution >= 4 is 5.95 Å². The van der Waals surface area contributed by atoms with Crippen LogP contribution in [0.3, 0.4) is 0 Å². The normalized spacial score (nSPS) is 21.9. The summed E-state index contributed by atoms with van der Waals surface area (Å²) in [6, 6.07) is 2.38. The second-order valence-corrected chi connectivity index (χ2v) is 3.66. The van der Waals surface area contributed by atoms with E-state index in [2.05, 4.69) is 27.2 Å². The lowest BCUT2D eigenvalue weighted by Crippen LogP contribution is -2.44. The van der Waals surface area contributed by atoms with E-state index in [0.29, 0.717) is 6.04 Å². The molecule has 76 valence electrons. The number of likely N-dealkylation sites (N-methyl/N-ethyl adjacent to an activating group) is 1. The number of hydrogen-bond acceptors (Lipinski definition) is 4. The molecule has 1 fully saturated rings. The fourth-order valence-corrected chi connectivity index (χ4v) is 1.80. The van der Waals surface area contributed by atoms with Gasteiger partial charge in [0.25, 0.3) is 0 Å². The number of hydrogen-bond donors (Lipinski definition) is 1. The van der Waals surface area contributed by atoms with Crippen molar-refractivity contribution in [1.82, 2.24) is 15.3 Å². The Kier molecular flexibility index (Phi) is 2.93. The Morgan fingerprint density at radius 1 is 1.43 bits per heavy atom. The topological polar surface area (TPSA) is 41.1 Å². The van der Waals surface area contributed by atoms with E-state index in [1.807, 2.05) is 6.07 Å². The summed E-state index contributed by atoms with van der Waals surface area (Å²) in [6.07, 6.45) is 6.04. The van der Waals surface area contributed by atoms with E-state index in [0.717, 1.165) is 19.0 Å². The minimum atomic E-state index is 0.533. The highest BCUT2D eigenvalue weighted by Gasteiger charge is 2.18. The first-order valence-electron chi connectivity index (χ1n) is 5.08. The molecule has 0 bridgehead atoms. The van der Waals surface area contributed by atoms with Crippen LogP contribution in [0.4, 0.5) is 5.95 Å². The molecule has 1 atom stereocenters. The molecule has 1 saturated heterocycles.